The van der Waals surface area contributed by atoms with Gasteiger partial charge in [-0.1, -0.05) is 0 Å². The molecule has 2 heterocycles. The van der Waals surface area contributed by atoms with Crippen molar-refractivity contribution in [2.24, 2.45) is 10.7 Å². The van der Waals surface area contributed by atoms with Crippen molar-refractivity contribution >= 4 is 29.7 Å². The second kappa shape index (κ2) is 4.43. The molecule has 13 heavy (non-hydrogen) atoms. The Kier molecular flexibility index (Phi) is 3.50. The van der Waals surface area contributed by atoms with Crippen LogP contribution in [-0.4, -0.2) is 17.5 Å². The van der Waals surface area contributed by atoms with E-state index in [0.717, 1.165) is 18.0 Å². The molecule has 4 nitrogen and oxygen atoms in total. The lowest BCUT2D eigenvalue weighted by atomic mass is 10.2. The van der Waals surface area contributed by atoms with E-state index in [1.165, 1.54) is 0 Å². The largest absolute Gasteiger partial charge is 0.370 e. The smallest absolute Gasteiger partial charge is 0.189 e. The summed E-state index contributed by atoms with van der Waals surface area (Å²) in [7, 11) is 0. The van der Waals surface area contributed by atoms with Crippen molar-refractivity contribution in [1.29, 1.82) is 0 Å². The number of halogens is 1. The summed E-state index contributed by atoms with van der Waals surface area (Å²) in [5.74, 6) is 0.529. The van der Waals surface area contributed by atoms with E-state index in [0.29, 0.717) is 5.96 Å². The van der Waals surface area contributed by atoms with Crippen LogP contribution < -0.4 is 11.1 Å². The zero-order valence-corrected chi connectivity index (χ0v) is 8.57. The average molecular weight is 219 g/mol. The zero-order chi connectivity index (χ0) is 8.39. The zero-order valence-electron chi connectivity index (χ0n) is 6.93. The Bertz CT molecular complexity index is 285. The molecule has 0 aliphatic carbocycles. The van der Waals surface area contributed by atoms with Crippen molar-refractivity contribution in [3.8, 4) is 0 Å². The van der Waals surface area contributed by atoms with Crippen LogP contribution in [-0.2, 0) is 0 Å². The Morgan fingerprint density at radius 1 is 1.62 bits per heavy atom. The molecule has 1 aromatic rings. The number of hydrogen-bond donors (Lipinski definition) is 2. The standard InChI is InChI=1S/C7H10N4S.ClH/c8-7-10-2-1-5(11-7)6-9-3-4-12-6;/h3-5H,1-2H2,(H3,8,10,11);1H. The minimum absolute atomic E-state index is 0. The Morgan fingerprint density at radius 2 is 2.46 bits per heavy atom. The highest BCUT2D eigenvalue weighted by Crippen LogP contribution is 2.20. The van der Waals surface area contributed by atoms with Gasteiger partial charge in [0.2, 0.25) is 0 Å². The predicted molar refractivity (Wildman–Crippen MR) is 56.3 cm³/mol. The summed E-state index contributed by atoms with van der Waals surface area (Å²) < 4.78 is 0. The van der Waals surface area contributed by atoms with Gasteiger partial charge in [-0.25, -0.2) is 4.98 Å². The maximum absolute atomic E-state index is 5.55. The summed E-state index contributed by atoms with van der Waals surface area (Å²) >= 11 is 1.65. The monoisotopic (exact) mass is 218 g/mol. The first kappa shape index (κ1) is 10.3. The molecule has 2 rings (SSSR count). The first-order chi connectivity index (χ1) is 5.86. The third kappa shape index (κ3) is 2.32. The molecule has 0 saturated heterocycles. The first-order valence-corrected chi connectivity index (χ1v) is 4.70. The van der Waals surface area contributed by atoms with Crippen molar-refractivity contribution in [2.75, 3.05) is 6.54 Å². The van der Waals surface area contributed by atoms with Gasteiger partial charge in [-0.2, -0.15) is 0 Å². The lowest BCUT2D eigenvalue weighted by Crippen LogP contribution is -2.38. The molecule has 0 bridgehead atoms. The van der Waals surface area contributed by atoms with Gasteiger partial charge in [0.15, 0.2) is 5.96 Å². The van der Waals surface area contributed by atoms with E-state index >= 15 is 0 Å². The number of hydrogen-bond acceptors (Lipinski definition) is 5. The van der Waals surface area contributed by atoms with Crippen molar-refractivity contribution in [3.63, 3.8) is 0 Å². The molecule has 6 heteroatoms. The lowest BCUT2D eigenvalue weighted by Gasteiger charge is -2.20. The second-order valence-corrected chi connectivity index (χ2v) is 3.55. The van der Waals surface area contributed by atoms with E-state index in [1.54, 1.807) is 11.3 Å². The van der Waals surface area contributed by atoms with Gasteiger partial charge in [0.25, 0.3) is 0 Å². The van der Waals surface area contributed by atoms with E-state index in [1.807, 2.05) is 11.6 Å². The van der Waals surface area contributed by atoms with Crippen LogP contribution in [0.3, 0.4) is 0 Å². The number of thiazole rings is 1. The van der Waals surface area contributed by atoms with Gasteiger partial charge >= 0.3 is 0 Å². The molecule has 1 aliphatic rings. The third-order valence-corrected chi connectivity index (χ3v) is 2.66. The molecule has 0 aromatic carbocycles. The average Bonchev–Trinajstić information content (AvgIpc) is 2.56. The van der Waals surface area contributed by atoms with Crippen LogP contribution in [0.25, 0.3) is 0 Å². The Morgan fingerprint density at radius 3 is 3.08 bits per heavy atom. The minimum atomic E-state index is 0. The quantitative estimate of drug-likeness (QED) is 0.737. The van der Waals surface area contributed by atoms with Gasteiger partial charge in [-0.15, -0.1) is 23.7 Å². The summed E-state index contributed by atoms with van der Waals surface area (Å²) in [6.45, 7) is 0.795. The number of aliphatic imine (C=N–C) groups is 1. The maximum Gasteiger partial charge on any atom is 0.189 e. The highest BCUT2D eigenvalue weighted by Gasteiger charge is 2.17. The Balaban J connectivity index is 0.000000845. The van der Waals surface area contributed by atoms with Gasteiger partial charge in [0.05, 0.1) is 6.04 Å². The lowest BCUT2D eigenvalue weighted by molar-refractivity contribution is 0.565. The van der Waals surface area contributed by atoms with Crippen LogP contribution in [0.1, 0.15) is 17.5 Å². The summed E-state index contributed by atoms with van der Waals surface area (Å²) in [5.41, 5.74) is 5.55. The van der Waals surface area contributed by atoms with Gasteiger partial charge in [0.1, 0.15) is 5.01 Å². The third-order valence-electron chi connectivity index (χ3n) is 1.77. The first-order valence-electron chi connectivity index (χ1n) is 3.82. The molecule has 0 spiro atoms. The second-order valence-electron chi connectivity index (χ2n) is 2.62. The summed E-state index contributed by atoms with van der Waals surface area (Å²) in [5, 5.41) is 6.16. The fourth-order valence-corrected chi connectivity index (χ4v) is 1.93. The number of aromatic nitrogens is 1. The summed E-state index contributed by atoms with van der Waals surface area (Å²) in [6, 6.07) is 0.266. The van der Waals surface area contributed by atoms with Crippen LogP contribution in [0.4, 0.5) is 0 Å². The molecule has 0 fully saturated rings. The van der Waals surface area contributed by atoms with Gasteiger partial charge in [-0.05, 0) is 6.42 Å². The molecule has 1 unspecified atom stereocenters. The molecule has 1 atom stereocenters. The maximum atomic E-state index is 5.55. The molecule has 0 saturated carbocycles. The van der Waals surface area contributed by atoms with E-state index in [2.05, 4.69) is 15.3 Å². The number of rotatable bonds is 1. The molecule has 0 amide bonds. The molecule has 72 valence electrons. The molecule has 1 aliphatic heterocycles. The van der Waals surface area contributed by atoms with Crippen LogP contribution in [0.15, 0.2) is 16.6 Å². The van der Waals surface area contributed by atoms with Crippen molar-refractivity contribution in [2.45, 2.75) is 12.5 Å². The highest BCUT2D eigenvalue weighted by molar-refractivity contribution is 7.09. The SMILES string of the molecule is Cl.NC1=NCCC(c2nccs2)N1. The number of nitrogens with zero attached hydrogens (tertiary/aromatic N) is 2. The van der Waals surface area contributed by atoms with E-state index in [9.17, 15) is 0 Å². The van der Waals surface area contributed by atoms with E-state index in [4.69, 9.17) is 5.73 Å². The molecular weight excluding hydrogens is 208 g/mol. The van der Waals surface area contributed by atoms with Gasteiger partial charge in [-0.3, -0.25) is 4.99 Å². The van der Waals surface area contributed by atoms with Crippen molar-refractivity contribution in [1.82, 2.24) is 10.3 Å². The number of nitrogens with one attached hydrogen (secondary N) is 1. The fraction of sp³-hybridized carbons (Fsp3) is 0.429. The fourth-order valence-electron chi connectivity index (χ4n) is 1.20. The Hall–Kier alpha value is -0.810. The van der Waals surface area contributed by atoms with Crippen molar-refractivity contribution < 1.29 is 0 Å². The number of guanidine groups is 1. The van der Waals surface area contributed by atoms with E-state index in [-0.39, 0.29) is 18.4 Å². The predicted octanol–water partition coefficient (Wildman–Crippen LogP) is 0.914. The summed E-state index contributed by atoms with van der Waals surface area (Å²) in [6.07, 6.45) is 2.79. The molecule has 1 aromatic heterocycles. The van der Waals surface area contributed by atoms with E-state index < -0.39 is 0 Å². The molecular formula is C7H11ClN4S. The molecule has 3 N–H and O–H groups in total. The van der Waals surface area contributed by atoms with Crippen LogP contribution >= 0.6 is 23.7 Å². The molecule has 0 radical (unpaired) electrons. The van der Waals surface area contributed by atoms with Crippen LogP contribution in [0.2, 0.25) is 0 Å². The van der Waals surface area contributed by atoms with Crippen LogP contribution in [0, 0.1) is 0 Å². The van der Waals surface area contributed by atoms with Gasteiger partial charge in [0, 0.05) is 18.1 Å². The van der Waals surface area contributed by atoms with Crippen molar-refractivity contribution in [3.05, 3.63) is 16.6 Å². The minimum Gasteiger partial charge on any atom is -0.370 e. The van der Waals surface area contributed by atoms with Gasteiger partial charge < -0.3 is 11.1 Å². The number of nitrogens with two attached hydrogens (primary N) is 1. The Labute approximate surface area is 86.7 Å². The summed E-state index contributed by atoms with van der Waals surface area (Å²) in [4.78, 5) is 8.27. The normalized spacial score (nSPS) is 21.2. The van der Waals surface area contributed by atoms with Crippen LogP contribution in [0.5, 0.6) is 0 Å². The topological polar surface area (TPSA) is 63.3 Å². The highest BCUT2D eigenvalue weighted by atomic mass is 35.5.